The third-order valence-electron chi connectivity index (χ3n) is 12.8. The summed E-state index contributed by atoms with van der Waals surface area (Å²) in [4.78, 5) is 51.2. The molecule has 3 fully saturated rings. The van der Waals surface area contributed by atoms with Crippen LogP contribution < -0.4 is 17.2 Å². The number of rotatable bonds is 20. The number of unbranched alkanes of at least 4 members (excludes halogenated alkanes) is 5. The SMILES string of the molecule is CCCCCCCCOC(=O)CCC(C)C1CCC(C)C2C(OC(=O)CCN)CC3CC(OC(=O)CCN)CCC3(C)C2CC(OC(=O)CCN)C1. The molecule has 3 aliphatic carbocycles. The third kappa shape index (κ3) is 13.6. The lowest BCUT2D eigenvalue weighted by Crippen LogP contribution is -2.56. The lowest BCUT2D eigenvalue weighted by Gasteiger charge is -2.58. The largest absolute Gasteiger partial charge is 0.466 e. The summed E-state index contributed by atoms with van der Waals surface area (Å²) < 4.78 is 24.0. The molecular weight excluding hydrogens is 662 g/mol. The number of hydrogen-bond donors (Lipinski definition) is 3. The quantitative estimate of drug-likeness (QED) is 0.0719. The topological polar surface area (TPSA) is 183 Å². The van der Waals surface area contributed by atoms with Crippen molar-refractivity contribution in [1.29, 1.82) is 0 Å². The van der Waals surface area contributed by atoms with Gasteiger partial charge in [0.05, 0.1) is 25.9 Å². The summed E-state index contributed by atoms with van der Waals surface area (Å²) in [5.74, 6) is 0.0520. The average Bonchev–Trinajstić information content (AvgIpc) is 3.16. The van der Waals surface area contributed by atoms with E-state index < -0.39 is 0 Å². The Morgan fingerprint density at radius 1 is 0.712 bits per heavy atom. The van der Waals surface area contributed by atoms with Gasteiger partial charge in [0.15, 0.2) is 0 Å². The lowest BCUT2D eigenvalue weighted by atomic mass is 9.48. The minimum atomic E-state index is -0.333. The fourth-order valence-corrected chi connectivity index (χ4v) is 9.70. The summed E-state index contributed by atoms with van der Waals surface area (Å²) >= 11 is 0. The Morgan fingerprint density at radius 3 is 1.98 bits per heavy atom. The average molecular weight is 736 g/mol. The molecule has 3 rings (SSSR count). The van der Waals surface area contributed by atoms with Crippen LogP contribution in [0.25, 0.3) is 0 Å². The number of esters is 4. The number of carbonyl (C=O) groups excluding carboxylic acids is 4. The number of ether oxygens (including phenoxy) is 4. The molecule has 0 heterocycles. The van der Waals surface area contributed by atoms with Crippen molar-refractivity contribution in [1.82, 2.24) is 0 Å². The maximum atomic E-state index is 13.1. The van der Waals surface area contributed by atoms with Gasteiger partial charge in [-0.2, -0.15) is 0 Å². The Bertz CT molecular complexity index is 1110. The van der Waals surface area contributed by atoms with E-state index in [2.05, 4.69) is 27.7 Å². The van der Waals surface area contributed by atoms with Crippen molar-refractivity contribution in [2.45, 2.75) is 168 Å². The molecule has 6 N–H and O–H groups in total. The predicted molar refractivity (Wildman–Crippen MR) is 202 cm³/mol. The Kier molecular flexibility index (Phi) is 19.4. The molecule has 0 spiro atoms. The van der Waals surface area contributed by atoms with Gasteiger partial charge in [0.1, 0.15) is 18.3 Å². The second kappa shape index (κ2) is 22.9. The summed E-state index contributed by atoms with van der Waals surface area (Å²) in [6, 6.07) is 0. The van der Waals surface area contributed by atoms with Crippen LogP contribution in [0.15, 0.2) is 0 Å². The van der Waals surface area contributed by atoms with E-state index in [9.17, 15) is 19.2 Å². The van der Waals surface area contributed by atoms with Gasteiger partial charge in [0, 0.05) is 32.0 Å². The highest BCUT2D eigenvalue weighted by atomic mass is 16.6. The van der Waals surface area contributed by atoms with E-state index in [1.165, 1.54) is 25.7 Å². The van der Waals surface area contributed by atoms with Crippen molar-refractivity contribution in [3.8, 4) is 0 Å². The molecule has 3 saturated carbocycles. The van der Waals surface area contributed by atoms with Crippen molar-refractivity contribution in [3.63, 3.8) is 0 Å². The van der Waals surface area contributed by atoms with Crippen LogP contribution in [0.1, 0.15) is 150 Å². The molecule has 10 unspecified atom stereocenters. The highest BCUT2D eigenvalue weighted by Crippen LogP contribution is 2.60. The minimum Gasteiger partial charge on any atom is -0.466 e. The van der Waals surface area contributed by atoms with Crippen LogP contribution in [-0.2, 0) is 38.1 Å². The van der Waals surface area contributed by atoms with Crippen LogP contribution in [0, 0.1) is 40.9 Å². The first-order valence-electron chi connectivity index (χ1n) is 20.8. The van der Waals surface area contributed by atoms with E-state index in [4.69, 9.17) is 36.1 Å². The fraction of sp³-hybridized carbons (Fsp3) is 0.902. The van der Waals surface area contributed by atoms with E-state index in [1.807, 2.05) is 0 Å². The van der Waals surface area contributed by atoms with Crippen molar-refractivity contribution < 1.29 is 38.1 Å². The van der Waals surface area contributed by atoms with Crippen LogP contribution in [0.5, 0.6) is 0 Å². The van der Waals surface area contributed by atoms with Crippen LogP contribution >= 0.6 is 0 Å². The number of hydrogen-bond acceptors (Lipinski definition) is 11. The lowest BCUT2D eigenvalue weighted by molar-refractivity contribution is -0.184. The molecule has 0 saturated heterocycles. The van der Waals surface area contributed by atoms with E-state index in [0.29, 0.717) is 45.1 Å². The molecule has 0 aromatic rings. The maximum Gasteiger partial charge on any atom is 0.307 e. The maximum absolute atomic E-state index is 13.1. The fourth-order valence-electron chi connectivity index (χ4n) is 9.70. The van der Waals surface area contributed by atoms with Gasteiger partial charge < -0.3 is 36.1 Å². The van der Waals surface area contributed by atoms with E-state index in [-0.39, 0.29) is 122 Å². The van der Waals surface area contributed by atoms with Gasteiger partial charge in [0.25, 0.3) is 0 Å². The van der Waals surface area contributed by atoms with Gasteiger partial charge in [-0.15, -0.1) is 0 Å². The van der Waals surface area contributed by atoms with E-state index >= 15 is 0 Å². The molecule has 0 bridgehead atoms. The van der Waals surface area contributed by atoms with Gasteiger partial charge in [0.2, 0.25) is 0 Å². The summed E-state index contributed by atoms with van der Waals surface area (Å²) in [6.07, 6.45) is 13.9. The molecule has 11 nitrogen and oxygen atoms in total. The Labute approximate surface area is 313 Å². The molecular formula is C41H73N3O8. The molecule has 10 atom stereocenters. The summed E-state index contributed by atoms with van der Waals surface area (Å²) in [6.45, 7) is 10.2. The zero-order valence-corrected chi connectivity index (χ0v) is 33.0. The first-order valence-corrected chi connectivity index (χ1v) is 20.8. The zero-order chi connectivity index (χ0) is 38.1. The number of nitrogens with two attached hydrogens (primary N) is 3. The van der Waals surface area contributed by atoms with Crippen molar-refractivity contribution in [3.05, 3.63) is 0 Å². The molecule has 0 aliphatic heterocycles. The van der Waals surface area contributed by atoms with Gasteiger partial charge in [-0.05, 0) is 92.8 Å². The number of fused-ring (bicyclic) bond motifs is 3. The van der Waals surface area contributed by atoms with Gasteiger partial charge in [-0.3, -0.25) is 19.2 Å². The van der Waals surface area contributed by atoms with Gasteiger partial charge in [-0.1, -0.05) is 66.2 Å². The molecule has 52 heavy (non-hydrogen) atoms. The Balaban J connectivity index is 1.82. The Hall–Kier alpha value is -2.24. The highest BCUT2D eigenvalue weighted by Gasteiger charge is 2.57. The first-order chi connectivity index (χ1) is 24.9. The molecule has 3 aliphatic rings. The zero-order valence-electron chi connectivity index (χ0n) is 33.0. The van der Waals surface area contributed by atoms with Crippen LogP contribution in [-0.4, -0.2) is 68.4 Å². The molecule has 11 heteroatoms. The molecule has 0 aromatic carbocycles. The smallest absolute Gasteiger partial charge is 0.307 e. The Morgan fingerprint density at radius 2 is 1.33 bits per heavy atom. The van der Waals surface area contributed by atoms with Crippen molar-refractivity contribution in [2.24, 2.45) is 58.1 Å². The van der Waals surface area contributed by atoms with Gasteiger partial charge in [-0.25, -0.2) is 0 Å². The highest BCUT2D eigenvalue weighted by molar-refractivity contribution is 5.70. The van der Waals surface area contributed by atoms with E-state index in [1.54, 1.807) is 0 Å². The monoisotopic (exact) mass is 736 g/mol. The second-order valence-electron chi connectivity index (χ2n) is 16.6. The third-order valence-corrected chi connectivity index (χ3v) is 12.8. The van der Waals surface area contributed by atoms with Gasteiger partial charge >= 0.3 is 23.9 Å². The summed E-state index contributed by atoms with van der Waals surface area (Å²) in [7, 11) is 0. The molecule has 0 aromatic heterocycles. The standard InChI is InChI=1S/C41H73N3O8/c1-5-6-7-8-9-10-23-49-36(45)14-12-28(2)30-13-11-29(3)40-34(27-33(24-30)51-38(47)17-21-43)41(4)19-15-32(50-37(46)16-20-42)25-31(41)26-35(40)52-39(48)18-22-44/h28-35,40H,5-27,42-44H2,1-4H3. The van der Waals surface area contributed by atoms with Crippen LogP contribution in [0.3, 0.4) is 0 Å². The molecule has 300 valence electrons. The van der Waals surface area contributed by atoms with Crippen LogP contribution in [0.2, 0.25) is 0 Å². The molecule has 0 amide bonds. The van der Waals surface area contributed by atoms with Crippen molar-refractivity contribution in [2.75, 3.05) is 26.2 Å². The summed E-state index contributed by atoms with van der Waals surface area (Å²) in [5.41, 5.74) is 17.0. The molecule has 0 radical (unpaired) electrons. The van der Waals surface area contributed by atoms with Crippen molar-refractivity contribution >= 4 is 23.9 Å². The minimum absolute atomic E-state index is 0.0704. The predicted octanol–water partition coefficient (Wildman–Crippen LogP) is 6.36. The number of carbonyl (C=O) groups is 4. The summed E-state index contributed by atoms with van der Waals surface area (Å²) in [5, 5.41) is 0. The normalized spacial score (nSPS) is 31.1. The van der Waals surface area contributed by atoms with E-state index in [0.717, 1.165) is 38.5 Å². The first kappa shape index (κ1) is 44.2. The van der Waals surface area contributed by atoms with Crippen LogP contribution in [0.4, 0.5) is 0 Å². The second-order valence-corrected chi connectivity index (χ2v) is 16.6.